The normalized spacial score (nSPS) is 19.9. The van der Waals surface area contributed by atoms with E-state index in [1.807, 2.05) is 6.07 Å². The fraction of sp³-hybridized carbons (Fsp3) is 0.500. The van der Waals surface area contributed by atoms with Gasteiger partial charge in [-0.05, 0) is 52.4 Å². The van der Waals surface area contributed by atoms with Gasteiger partial charge in [-0.3, -0.25) is 0 Å². The van der Waals surface area contributed by atoms with Crippen LogP contribution in [0.5, 0.6) is 0 Å². The van der Waals surface area contributed by atoms with E-state index in [-0.39, 0.29) is 0 Å². The first-order valence-corrected chi connectivity index (χ1v) is 6.49. The highest BCUT2D eigenvalue weighted by molar-refractivity contribution is 9.10. The summed E-state index contributed by atoms with van der Waals surface area (Å²) in [5.74, 6) is 0.667. The molecule has 0 aromatic heterocycles. The maximum atomic E-state index is 6.02. The van der Waals surface area contributed by atoms with Gasteiger partial charge >= 0.3 is 0 Å². The Morgan fingerprint density at radius 2 is 2.20 bits per heavy atom. The Labute approximate surface area is 104 Å². The van der Waals surface area contributed by atoms with E-state index in [2.05, 4.69) is 41.2 Å². The van der Waals surface area contributed by atoms with Crippen LogP contribution in [0, 0.1) is 5.92 Å². The van der Waals surface area contributed by atoms with Gasteiger partial charge in [0, 0.05) is 15.5 Å². The Balaban J connectivity index is 2.33. The minimum absolute atomic E-state index is 0.579. The molecule has 1 aromatic carbocycles. The van der Waals surface area contributed by atoms with Crippen molar-refractivity contribution in [1.29, 1.82) is 0 Å². The molecule has 82 valence electrons. The molecule has 1 atom stereocenters. The number of rotatable bonds is 1. The van der Waals surface area contributed by atoms with E-state index in [1.165, 1.54) is 17.7 Å². The van der Waals surface area contributed by atoms with Crippen LogP contribution in [0.25, 0.3) is 0 Å². The van der Waals surface area contributed by atoms with E-state index in [9.17, 15) is 0 Å². The Morgan fingerprint density at radius 3 is 2.87 bits per heavy atom. The van der Waals surface area contributed by atoms with E-state index in [0.717, 1.165) is 15.9 Å². The first-order valence-electron chi connectivity index (χ1n) is 5.32. The third-order valence-corrected chi connectivity index (χ3v) is 3.84. The van der Waals surface area contributed by atoms with Gasteiger partial charge in [0.25, 0.3) is 0 Å². The zero-order valence-electron chi connectivity index (χ0n) is 8.98. The van der Waals surface area contributed by atoms with Crippen LogP contribution >= 0.6 is 27.5 Å². The van der Waals surface area contributed by atoms with E-state index in [1.54, 1.807) is 0 Å². The van der Waals surface area contributed by atoms with Gasteiger partial charge in [0.2, 0.25) is 0 Å². The highest BCUT2D eigenvalue weighted by Gasteiger charge is 2.22. The van der Waals surface area contributed by atoms with Crippen molar-refractivity contribution in [2.24, 2.45) is 5.92 Å². The molecule has 0 aliphatic carbocycles. The molecule has 1 aliphatic heterocycles. The predicted octanol–water partition coefficient (Wildman–Crippen LogP) is 4.49. The van der Waals surface area contributed by atoms with Crippen molar-refractivity contribution in [1.82, 2.24) is 0 Å². The molecule has 3 heteroatoms. The van der Waals surface area contributed by atoms with Gasteiger partial charge in [0.1, 0.15) is 0 Å². The summed E-state index contributed by atoms with van der Waals surface area (Å²) in [6.45, 7) is 4.51. The Morgan fingerprint density at radius 1 is 1.47 bits per heavy atom. The molecule has 0 radical (unpaired) electrons. The third-order valence-electron chi connectivity index (χ3n) is 3.00. The molecule has 0 fully saturated rings. The van der Waals surface area contributed by atoms with E-state index < -0.39 is 0 Å². The molecular weight excluding hydrogens is 273 g/mol. The average Bonchev–Trinajstić information content (AvgIpc) is 2.16. The van der Waals surface area contributed by atoms with Crippen molar-refractivity contribution in [3.63, 3.8) is 0 Å². The third kappa shape index (κ3) is 2.31. The lowest BCUT2D eigenvalue weighted by Gasteiger charge is -2.30. The summed E-state index contributed by atoms with van der Waals surface area (Å²) in [5, 5.41) is 4.40. The first kappa shape index (κ1) is 11.3. The van der Waals surface area contributed by atoms with Crippen molar-refractivity contribution in [3.05, 3.63) is 27.2 Å². The molecule has 0 spiro atoms. The van der Waals surface area contributed by atoms with Crippen LogP contribution in [0.1, 0.15) is 25.8 Å². The number of aryl methyl sites for hydroxylation is 1. The van der Waals surface area contributed by atoms with Crippen molar-refractivity contribution in [2.75, 3.05) is 5.32 Å². The van der Waals surface area contributed by atoms with Crippen LogP contribution in [0.2, 0.25) is 5.02 Å². The van der Waals surface area contributed by atoms with E-state index in [4.69, 9.17) is 11.6 Å². The van der Waals surface area contributed by atoms with Crippen LogP contribution in [-0.2, 0) is 6.42 Å². The lowest BCUT2D eigenvalue weighted by molar-refractivity contribution is 0.482. The van der Waals surface area contributed by atoms with Gasteiger partial charge < -0.3 is 5.32 Å². The molecule has 0 bridgehead atoms. The second-order valence-electron chi connectivity index (χ2n) is 4.46. The van der Waals surface area contributed by atoms with Gasteiger partial charge in [-0.15, -0.1) is 0 Å². The number of benzene rings is 1. The maximum absolute atomic E-state index is 6.02. The minimum Gasteiger partial charge on any atom is -0.381 e. The lowest BCUT2D eigenvalue weighted by Crippen LogP contribution is -2.30. The van der Waals surface area contributed by atoms with Crippen molar-refractivity contribution < 1.29 is 0 Å². The number of anilines is 1. The number of nitrogens with one attached hydrogen (secondary N) is 1. The van der Waals surface area contributed by atoms with Crippen molar-refractivity contribution >= 4 is 33.2 Å². The number of halogens is 2. The fourth-order valence-electron chi connectivity index (χ4n) is 2.05. The summed E-state index contributed by atoms with van der Waals surface area (Å²) in [7, 11) is 0. The van der Waals surface area contributed by atoms with Crippen LogP contribution < -0.4 is 5.32 Å². The van der Waals surface area contributed by atoms with Crippen LogP contribution in [0.4, 0.5) is 5.69 Å². The molecule has 1 aromatic rings. The number of hydrogen-bond acceptors (Lipinski definition) is 1. The quantitative estimate of drug-likeness (QED) is 0.803. The molecule has 1 unspecified atom stereocenters. The highest BCUT2D eigenvalue weighted by atomic mass is 79.9. The molecule has 0 saturated heterocycles. The molecule has 0 saturated carbocycles. The molecule has 0 amide bonds. The number of fused-ring (bicyclic) bond motifs is 1. The zero-order chi connectivity index (χ0) is 11.0. The predicted molar refractivity (Wildman–Crippen MR) is 69.7 cm³/mol. The van der Waals surface area contributed by atoms with Crippen LogP contribution in [-0.4, -0.2) is 6.04 Å². The van der Waals surface area contributed by atoms with E-state index in [0.29, 0.717) is 12.0 Å². The van der Waals surface area contributed by atoms with Crippen LogP contribution in [0.3, 0.4) is 0 Å². The SMILES string of the molecule is CC(C)C1CCc2cc(Cl)cc(Br)c2N1. The largest absolute Gasteiger partial charge is 0.381 e. The topological polar surface area (TPSA) is 12.0 Å². The van der Waals surface area contributed by atoms with Gasteiger partial charge in [0.15, 0.2) is 0 Å². The zero-order valence-corrected chi connectivity index (χ0v) is 11.3. The average molecular weight is 289 g/mol. The molecule has 1 aliphatic rings. The molecule has 15 heavy (non-hydrogen) atoms. The van der Waals surface area contributed by atoms with Gasteiger partial charge in [-0.2, -0.15) is 0 Å². The minimum atomic E-state index is 0.579. The second-order valence-corrected chi connectivity index (χ2v) is 5.75. The smallest absolute Gasteiger partial charge is 0.0520 e. The van der Waals surface area contributed by atoms with Gasteiger partial charge in [-0.25, -0.2) is 0 Å². The Bertz CT molecular complexity index is 376. The number of hydrogen-bond donors (Lipinski definition) is 1. The maximum Gasteiger partial charge on any atom is 0.0520 e. The Hall–Kier alpha value is -0.210. The molecule has 2 rings (SSSR count). The summed E-state index contributed by atoms with van der Waals surface area (Å²) < 4.78 is 1.08. The van der Waals surface area contributed by atoms with Gasteiger partial charge in [0.05, 0.1) is 5.69 Å². The molecular formula is C12H15BrClN. The van der Waals surface area contributed by atoms with Crippen molar-refractivity contribution in [2.45, 2.75) is 32.7 Å². The summed E-state index contributed by atoms with van der Waals surface area (Å²) in [6, 6.07) is 4.59. The summed E-state index contributed by atoms with van der Waals surface area (Å²) >= 11 is 9.59. The summed E-state index contributed by atoms with van der Waals surface area (Å²) in [4.78, 5) is 0. The first-order chi connectivity index (χ1) is 7.08. The standard InChI is InChI=1S/C12H15BrClN/c1-7(2)11-4-3-8-5-9(14)6-10(13)12(8)15-11/h5-7,11,15H,3-4H2,1-2H3. The van der Waals surface area contributed by atoms with E-state index >= 15 is 0 Å². The second kappa shape index (κ2) is 4.34. The summed E-state index contributed by atoms with van der Waals surface area (Å²) in [6.07, 6.45) is 2.31. The van der Waals surface area contributed by atoms with Crippen molar-refractivity contribution in [3.8, 4) is 0 Å². The van der Waals surface area contributed by atoms with Gasteiger partial charge in [-0.1, -0.05) is 25.4 Å². The molecule has 1 nitrogen and oxygen atoms in total. The molecule has 1 heterocycles. The van der Waals surface area contributed by atoms with Crippen LogP contribution in [0.15, 0.2) is 16.6 Å². The lowest BCUT2D eigenvalue weighted by atomic mass is 9.91. The summed E-state index contributed by atoms with van der Waals surface area (Å²) in [5.41, 5.74) is 2.55. The Kier molecular flexibility index (Phi) is 3.27. The molecule has 1 N–H and O–H groups in total. The fourth-order valence-corrected chi connectivity index (χ4v) is 3.04. The highest BCUT2D eigenvalue weighted by Crippen LogP contribution is 2.36. The monoisotopic (exact) mass is 287 g/mol.